The van der Waals surface area contributed by atoms with Gasteiger partial charge in [-0.05, 0) is 12.1 Å². The lowest BCUT2D eigenvalue weighted by molar-refractivity contribution is -0.137. The fourth-order valence-electron chi connectivity index (χ4n) is 1.09. The summed E-state index contributed by atoms with van der Waals surface area (Å²) in [5.41, 5.74) is -0.618. The van der Waals surface area contributed by atoms with Gasteiger partial charge in [0.2, 0.25) is 0 Å². The van der Waals surface area contributed by atoms with Gasteiger partial charge in [-0.15, -0.1) is 0 Å². The van der Waals surface area contributed by atoms with Crippen LogP contribution in [-0.2, 0) is 6.18 Å². The highest BCUT2D eigenvalue weighted by Gasteiger charge is 2.30. The fourth-order valence-corrected chi connectivity index (χ4v) is 1.09. The second-order valence-corrected chi connectivity index (χ2v) is 2.76. The van der Waals surface area contributed by atoms with Crippen LogP contribution in [0.1, 0.15) is 11.1 Å². The third-order valence-corrected chi connectivity index (χ3v) is 1.79. The lowest BCUT2D eigenvalue weighted by Gasteiger charge is -2.07. The van der Waals surface area contributed by atoms with Crippen molar-refractivity contribution in [1.29, 1.82) is 5.26 Å². The Labute approximate surface area is 84.7 Å². The first-order valence-electron chi connectivity index (χ1n) is 4.03. The van der Waals surface area contributed by atoms with E-state index in [0.717, 1.165) is 12.1 Å². The van der Waals surface area contributed by atoms with E-state index >= 15 is 0 Å². The average molecular weight is 212 g/mol. The van der Waals surface area contributed by atoms with E-state index in [1.165, 1.54) is 19.2 Å². The summed E-state index contributed by atoms with van der Waals surface area (Å²) in [6.45, 7) is 0. The molecule has 0 aliphatic carbocycles. The first-order chi connectivity index (χ1) is 6.99. The molecule has 2 nitrogen and oxygen atoms in total. The first-order valence-corrected chi connectivity index (χ1v) is 4.03. The normalized spacial score (nSPS) is 12.3. The Balaban J connectivity index is 3.21. The van der Waals surface area contributed by atoms with Gasteiger partial charge >= 0.3 is 6.18 Å². The molecular weight excluding hydrogens is 205 g/mol. The van der Waals surface area contributed by atoms with Crippen LogP contribution in [0.5, 0.6) is 0 Å². The third-order valence-electron chi connectivity index (χ3n) is 1.79. The summed E-state index contributed by atoms with van der Waals surface area (Å²) in [6.07, 6.45) is -4.40. The molecule has 1 aromatic carbocycles. The molecule has 15 heavy (non-hydrogen) atoms. The maximum Gasteiger partial charge on any atom is 0.416 e. The predicted molar refractivity (Wildman–Crippen MR) is 49.5 cm³/mol. The summed E-state index contributed by atoms with van der Waals surface area (Å²) in [5.74, 6) is 0. The summed E-state index contributed by atoms with van der Waals surface area (Å²) in [7, 11) is 1.36. The molecular formula is C10H7F3N2. The maximum absolute atomic E-state index is 12.3. The minimum atomic E-state index is -4.40. The Hall–Kier alpha value is -1.83. The van der Waals surface area contributed by atoms with Crippen molar-refractivity contribution in [3.8, 4) is 6.07 Å². The molecule has 1 aromatic rings. The Kier molecular flexibility index (Phi) is 3.10. The summed E-state index contributed by atoms with van der Waals surface area (Å²) < 4.78 is 36.9. The van der Waals surface area contributed by atoms with Crippen LogP contribution in [0.4, 0.5) is 13.2 Å². The van der Waals surface area contributed by atoms with Crippen LogP contribution in [-0.4, -0.2) is 12.8 Å². The van der Waals surface area contributed by atoms with Crippen molar-refractivity contribution in [2.24, 2.45) is 4.99 Å². The molecule has 0 atom stereocenters. The van der Waals surface area contributed by atoms with E-state index in [9.17, 15) is 13.2 Å². The van der Waals surface area contributed by atoms with E-state index < -0.39 is 11.7 Å². The van der Waals surface area contributed by atoms with E-state index in [0.29, 0.717) is 0 Å². The number of halogens is 3. The zero-order valence-corrected chi connectivity index (χ0v) is 7.84. The molecule has 0 N–H and O–H groups in total. The molecule has 0 fully saturated rings. The van der Waals surface area contributed by atoms with E-state index in [-0.39, 0.29) is 11.3 Å². The van der Waals surface area contributed by atoms with Crippen LogP contribution < -0.4 is 0 Å². The van der Waals surface area contributed by atoms with E-state index in [4.69, 9.17) is 5.26 Å². The fraction of sp³-hybridized carbons (Fsp3) is 0.200. The van der Waals surface area contributed by atoms with Crippen molar-refractivity contribution in [3.63, 3.8) is 0 Å². The number of hydrogen-bond donors (Lipinski definition) is 0. The second-order valence-electron chi connectivity index (χ2n) is 2.76. The summed E-state index contributed by atoms with van der Waals surface area (Å²) in [5, 5.41) is 8.61. The molecule has 0 saturated heterocycles. The van der Waals surface area contributed by atoms with Gasteiger partial charge in [0.15, 0.2) is 0 Å². The maximum atomic E-state index is 12.3. The lowest BCUT2D eigenvalue weighted by atomic mass is 10.1. The van der Waals surface area contributed by atoms with Gasteiger partial charge in [-0.1, -0.05) is 12.1 Å². The van der Waals surface area contributed by atoms with Gasteiger partial charge in [-0.25, -0.2) is 0 Å². The highest BCUT2D eigenvalue weighted by Crippen LogP contribution is 2.29. The lowest BCUT2D eigenvalue weighted by Crippen LogP contribution is -2.07. The molecule has 0 saturated carbocycles. The molecule has 0 aromatic heterocycles. The zero-order chi connectivity index (χ0) is 11.5. The molecule has 1 rings (SSSR count). The smallest absolute Gasteiger partial charge is 0.277 e. The van der Waals surface area contributed by atoms with Crippen LogP contribution >= 0.6 is 0 Å². The van der Waals surface area contributed by atoms with E-state index in [1.807, 2.05) is 0 Å². The van der Waals surface area contributed by atoms with Gasteiger partial charge in [0.25, 0.3) is 0 Å². The zero-order valence-electron chi connectivity index (χ0n) is 7.84. The van der Waals surface area contributed by atoms with Crippen LogP contribution in [0.25, 0.3) is 0 Å². The highest BCUT2D eigenvalue weighted by atomic mass is 19.4. The second kappa shape index (κ2) is 4.13. The molecule has 0 amide bonds. The number of rotatable bonds is 1. The van der Waals surface area contributed by atoms with Gasteiger partial charge in [0, 0.05) is 12.6 Å². The van der Waals surface area contributed by atoms with Gasteiger partial charge in [0.1, 0.15) is 11.8 Å². The minimum absolute atomic E-state index is 0.0129. The number of nitrogens with zero attached hydrogens (tertiary/aromatic N) is 2. The third kappa shape index (κ3) is 2.56. The van der Waals surface area contributed by atoms with Gasteiger partial charge in [0.05, 0.1) is 5.56 Å². The van der Waals surface area contributed by atoms with Gasteiger partial charge < -0.3 is 0 Å². The van der Waals surface area contributed by atoms with Crippen molar-refractivity contribution in [2.45, 2.75) is 6.18 Å². The molecule has 5 heteroatoms. The monoisotopic (exact) mass is 212 g/mol. The molecule has 78 valence electrons. The molecule has 0 unspecified atom stereocenters. The van der Waals surface area contributed by atoms with Gasteiger partial charge in [-0.2, -0.15) is 18.4 Å². The Morgan fingerprint density at radius 1 is 1.40 bits per heavy atom. The molecule has 0 heterocycles. The summed E-state index contributed by atoms with van der Waals surface area (Å²) in [6, 6.07) is 6.26. The Bertz CT molecular complexity index is 427. The number of nitriles is 1. The SMILES string of the molecule is CN=C(C#N)c1cccc(C(F)(F)F)c1. The van der Waals surface area contributed by atoms with Crippen molar-refractivity contribution in [1.82, 2.24) is 0 Å². The molecule has 0 spiro atoms. The quantitative estimate of drug-likeness (QED) is 0.659. The first kappa shape index (κ1) is 11.2. The van der Waals surface area contributed by atoms with Crippen molar-refractivity contribution < 1.29 is 13.2 Å². The van der Waals surface area contributed by atoms with E-state index in [1.54, 1.807) is 6.07 Å². The van der Waals surface area contributed by atoms with Gasteiger partial charge in [-0.3, -0.25) is 4.99 Å². The molecule has 0 bridgehead atoms. The standard InChI is InChI=1S/C10H7F3N2/c1-15-9(6-14)7-3-2-4-8(5-7)10(11,12)13/h2-5H,1H3. The number of aliphatic imine (C=N–C) groups is 1. The molecule has 0 aliphatic rings. The average Bonchev–Trinajstić information content (AvgIpc) is 2.19. The number of hydrogen-bond acceptors (Lipinski definition) is 2. The summed E-state index contributed by atoms with van der Waals surface area (Å²) >= 11 is 0. The predicted octanol–water partition coefficient (Wildman–Crippen LogP) is 2.65. The molecule has 0 aliphatic heterocycles. The Morgan fingerprint density at radius 3 is 2.53 bits per heavy atom. The number of alkyl halides is 3. The van der Waals surface area contributed by atoms with Crippen molar-refractivity contribution >= 4 is 5.71 Å². The summed E-state index contributed by atoms with van der Waals surface area (Å²) in [4.78, 5) is 3.59. The molecule has 0 radical (unpaired) electrons. The van der Waals surface area contributed by atoms with Crippen LogP contribution in [0.3, 0.4) is 0 Å². The van der Waals surface area contributed by atoms with Crippen LogP contribution in [0.2, 0.25) is 0 Å². The number of benzene rings is 1. The topological polar surface area (TPSA) is 36.1 Å². The van der Waals surface area contributed by atoms with Crippen molar-refractivity contribution in [2.75, 3.05) is 7.05 Å². The largest absolute Gasteiger partial charge is 0.416 e. The highest BCUT2D eigenvalue weighted by molar-refractivity contribution is 6.11. The van der Waals surface area contributed by atoms with Crippen molar-refractivity contribution in [3.05, 3.63) is 35.4 Å². The van der Waals surface area contributed by atoms with Crippen LogP contribution in [0, 0.1) is 11.3 Å². The van der Waals surface area contributed by atoms with E-state index in [2.05, 4.69) is 4.99 Å². The van der Waals surface area contributed by atoms with Crippen LogP contribution in [0.15, 0.2) is 29.3 Å². The Morgan fingerprint density at radius 2 is 2.07 bits per heavy atom. The minimum Gasteiger partial charge on any atom is -0.277 e.